The molecule has 22 heavy (non-hydrogen) atoms. The first kappa shape index (κ1) is 15.3. The standard InChI is InChI=1S/C19H27N3/c1-2-22-15-12-20-19(22)18-11-7-14-21(16-18)13-6-10-17-8-4-3-5-9-17/h3-5,8-9,12,15,18H,2,6-7,10-11,13-14,16H2,1H3/t18-/m0/s1. The zero-order chi connectivity index (χ0) is 15.2. The molecule has 2 heterocycles. The molecule has 1 aromatic heterocycles. The van der Waals surface area contributed by atoms with E-state index in [-0.39, 0.29) is 0 Å². The summed E-state index contributed by atoms with van der Waals surface area (Å²) < 4.78 is 2.30. The summed E-state index contributed by atoms with van der Waals surface area (Å²) in [7, 11) is 0. The highest BCUT2D eigenvalue weighted by Gasteiger charge is 2.23. The molecule has 0 aliphatic carbocycles. The predicted molar refractivity (Wildman–Crippen MR) is 91.1 cm³/mol. The molecule has 0 amide bonds. The largest absolute Gasteiger partial charge is 0.335 e. The highest BCUT2D eigenvalue weighted by Crippen LogP contribution is 2.26. The summed E-state index contributed by atoms with van der Waals surface area (Å²) in [5.41, 5.74) is 1.46. The molecule has 1 fully saturated rings. The average molecular weight is 297 g/mol. The van der Waals surface area contributed by atoms with Crippen LogP contribution in [0, 0.1) is 0 Å². The van der Waals surface area contributed by atoms with Gasteiger partial charge in [-0.2, -0.15) is 0 Å². The summed E-state index contributed by atoms with van der Waals surface area (Å²) in [6.07, 6.45) is 9.08. The maximum atomic E-state index is 4.61. The summed E-state index contributed by atoms with van der Waals surface area (Å²) in [6.45, 7) is 6.85. The zero-order valence-electron chi connectivity index (χ0n) is 13.6. The second-order valence-electron chi connectivity index (χ2n) is 6.30. The molecule has 1 saturated heterocycles. The van der Waals surface area contributed by atoms with Crippen molar-refractivity contribution in [2.45, 2.75) is 45.1 Å². The highest BCUT2D eigenvalue weighted by atomic mass is 15.1. The van der Waals surface area contributed by atoms with E-state index in [1.54, 1.807) is 0 Å². The molecule has 118 valence electrons. The van der Waals surface area contributed by atoms with Crippen molar-refractivity contribution >= 4 is 0 Å². The molecule has 0 bridgehead atoms. The molecule has 3 rings (SSSR count). The van der Waals surface area contributed by atoms with E-state index in [0.29, 0.717) is 5.92 Å². The molecule has 0 spiro atoms. The number of nitrogens with zero attached hydrogens (tertiary/aromatic N) is 3. The van der Waals surface area contributed by atoms with Crippen LogP contribution in [0.15, 0.2) is 42.7 Å². The van der Waals surface area contributed by atoms with Crippen LogP contribution in [0.5, 0.6) is 0 Å². The van der Waals surface area contributed by atoms with Gasteiger partial charge >= 0.3 is 0 Å². The van der Waals surface area contributed by atoms with E-state index < -0.39 is 0 Å². The highest BCUT2D eigenvalue weighted by molar-refractivity contribution is 5.14. The Balaban J connectivity index is 1.50. The molecule has 0 radical (unpaired) electrons. The Bertz CT molecular complexity index is 561. The van der Waals surface area contributed by atoms with Crippen LogP contribution < -0.4 is 0 Å². The van der Waals surface area contributed by atoms with Gasteiger partial charge in [0.05, 0.1) is 0 Å². The Hall–Kier alpha value is -1.61. The van der Waals surface area contributed by atoms with E-state index in [9.17, 15) is 0 Å². The lowest BCUT2D eigenvalue weighted by Crippen LogP contribution is -2.36. The Labute approximate surface area is 134 Å². The molecule has 1 atom stereocenters. The second kappa shape index (κ2) is 7.59. The molecule has 0 N–H and O–H groups in total. The van der Waals surface area contributed by atoms with Crippen molar-refractivity contribution in [1.29, 1.82) is 0 Å². The molecule has 1 aliphatic rings. The SMILES string of the molecule is CCn1ccnc1[C@H]1CCCN(CCCc2ccccc2)C1. The van der Waals surface area contributed by atoms with Gasteiger partial charge in [0, 0.05) is 31.4 Å². The minimum Gasteiger partial charge on any atom is -0.335 e. The molecule has 0 unspecified atom stereocenters. The van der Waals surface area contributed by atoms with Gasteiger partial charge in [0.15, 0.2) is 0 Å². The molecule has 3 heteroatoms. The number of aryl methyl sites for hydroxylation is 2. The zero-order valence-corrected chi connectivity index (χ0v) is 13.6. The van der Waals surface area contributed by atoms with Crippen molar-refractivity contribution in [3.63, 3.8) is 0 Å². The third kappa shape index (κ3) is 3.77. The maximum Gasteiger partial charge on any atom is 0.113 e. The molecular formula is C19H27N3. The monoisotopic (exact) mass is 297 g/mol. The Morgan fingerprint density at radius 3 is 2.91 bits per heavy atom. The maximum absolute atomic E-state index is 4.61. The number of imidazole rings is 1. The fourth-order valence-electron chi connectivity index (χ4n) is 3.57. The molecule has 3 nitrogen and oxygen atoms in total. The normalized spacial score (nSPS) is 19.4. The number of piperidine rings is 1. The third-order valence-electron chi connectivity index (χ3n) is 4.74. The summed E-state index contributed by atoms with van der Waals surface area (Å²) >= 11 is 0. The van der Waals surface area contributed by atoms with Gasteiger partial charge in [-0.05, 0) is 51.3 Å². The summed E-state index contributed by atoms with van der Waals surface area (Å²) in [5, 5.41) is 0. The molecule has 0 saturated carbocycles. The summed E-state index contributed by atoms with van der Waals surface area (Å²) in [6, 6.07) is 10.8. The van der Waals surface area contributed by atoms with E-state index >= 15 is 0 Å². The van der Waals surface area contributed by atoms with Crippen molar-refractivity contribution in [3.8, 4) is 0 Å². The van der Waals surface area contributed by atoms with E-state index in [1.807, 2.05) is 6.20 Å². The number of rotatable bonds is 6. The molecule has 2 aromatic rings. The minimum absolute atomic E-state index is 0.612. The first-order valence-corrected chi connectivity index (χ1v) is 8.64. The van der Waals surface area contributed by atoms with Gasteiger partial charge < -0.3 is 9.47 Å². The first-order chi connectivity index (χ1) is 10.9. The van der Waals surface area contributed by atoms with Gasteiger partial charge in [-0.25, -0.2) is 4.98 Å². The number of benzene rings is 1. The Morgan fingerprint density at radius 1 is 1.23 bits per heavy atom. The van der Waals surface area contributed by atoms with Gasteiger partial charge in [0.25, 0.3) is 0 Å². The average Bonchev–Trinajstić information content (AvgIpc) is 3.05. The third-order valence-corrected chi connectivity index (χ3v) is 4.74. The first-order valence-electron chi connectivity index (χ1n) is 8.64. The van der Waals surface area contributed by atoms with E-state index in [1.165, 1.54) is 56.7 Å². The second-order valence-corrected chi connectivity index (χ2v) is 6.30. The van der Waals surface area contributed by atoms with Gasteiger partial charge in [0.2, 0.25) is 0 Å². The van der Waals surface area contributed by atoms with Crippen LogP contribution in [0.4, 0.5) is 0 Å². The lowest BCUT2D eigenvalue weighted by Gasteiger charge is -2.32. The van der Waals surface area contributed by atoms with Crippen molar-refractivity contribution in [2.75, 3.05) is 19.6 Å². The topological polar surface area (TPSA) is 21.1 Å². The van der Waals surface area contributed by atoms with Gasteiger partial charge in [-0.3, -0.25) is 0 Å². The van der Waals surface area contributed by atoms with Crippen LogP contribution in [0.3, 0.4) is 0 Å². The van der Waals surface area contributed by atoms with Crippen LogP contribution in [-0.4, -0.2) is 34.1 Å². The summed E-state index contributed by atoms with van der Waals surface area (Å²) in [4.78, 5) is 7.24. The fourth-order valence-corrected chi connectivity index (χ4v) is 3.57. The van der Waals surface area contributed by atoms with Crippen LogP contribution >= 0.6 is 0 Å². The number of hydrogen-bond donors (Lipinski definition) is 0. The van der Waals surface area contributed by atoms with Gasteiger partial charge in [-0.15, -0.1) is 0 Å². The smallest absolute Gasteiger partial charge is 0.113 e. The minimum atomic E-state index is 0.612. The Morgan fingerprint density at radius 2 is 2.09 bits per heavy atom. The predicted octanol–water partition coefficient (Wildman–Crippen LogP) is 3.72. The number of aromatic nitrogens is 2. The fraction of sp³-hybridized carbons (Fsp3) is 0.526. The Kier molecular flexibility index (Phi) is 5.28. The van der Waals surface area contributed by atoms with Crippen LogP contribution in [0.2, 0.25) is 0 Å². The van der Waals surface area contributed by atoms with Crippen molar-refractivity contribution < 1.29 is 0 Å². The lowest BCUT2D eigenvalue weighted by atomic mass is 9.96. The number of hydrogen-bond acceptors (Lipinski definition) is 2. The van der Waals surface area contributed by atoms with Crippen LogP contribution in [0.25, 0.3) is 0 Å². The van der Waals surface area contributed by atoms with Crippen molar-refractivity contribution in [3.05, 3.63) is 54.1 Å². The van der Waals surface area contributed by atoms with Gasteiger partial charge in [-0.1, -0.05) is 30.3 Å². The van der Waals surface area contributed by atoms with Gasteiger partial charge in [0.1, 0.15) is 5.82 Å². The van der Waals surface area contributed by atoms with Crippen molar-refractivity contribution in [1.82, 2.24) is 14.5 Å². The van der Waals surface area contributed by atoms with Crippen LogP contribution in [-0.2, 0) is 13.0 Å². The lowest BCUT2D eigenvalue weighted by molar-refractivity contribution is 0.200. The van der Waals surface area contributed by atoms with Crippen LogP contribution in [0.1, 0.15) is 43.5 Å². The molecule has 1 aromatic carbocycles. The van der Waals surface area contributed by atoms with E-state index in [4.69, 9.17) is 0 Å². The van der Waals surface area contributed by atoms with E-state index in [2.05, 4.69) is 57.9 Å². The van der Waals surface area contributed by atoms with Crippen molar-refractivity contribution in [2.24, 2.45) is 0 Å². The molecular weight excluding hydrogens is 270 g/mol. The summed E-state index contributed by atoms with van der Waals surface area (Å²) in [5.74, 6) is 1.90. The molecule has 1 aliphatic heterocycles. The number of likely N-dealkylation sites (tertiary alicyclic amines) is 1. The quantitative estimate of drug-likeness (QED) is 0.810. The van der Waals surface area contributed by atoms with E-state index in [0.717, 1.165) is 6.54 Å².